The summed E-state index contributed by atoms with van der Waals surface area (Å²) in [5.74, 6) is 0.985. The van der Waals surface area contributed by atoms with Crippen molar-refractivity contribution >= 4 is 0 Å². The van der Waals surface area contributed by atoms with Gasteiger partial charge in [-0.3, -0.25) is 0 Å². The fourth-order valence-electron chi connectivity index (χ4n) is 1.82. The number of unbranched alkanes of at least 4 members (excludes halogenated alkanes) is 1. The van der Waals surface area contributed by atoms with Crippen molar-refractivity contribution in [2.75, 3.05) is 7.11 Å². The Morgan fingerprint density at radius 2 is 2.06 bits per heavy atom. The monoisotopic (exact) mass is 235 g/mol. The van der Waals surface area contributed by atoms with Gasteiger partial charge in [0.1, 0.15) is 5.75 Å². The third-order valence-electron chi connectivity index (χ3n) is 2.86. The zero-order valence-electron chi connectivity index (χ0n) is 11.5. The molecule has 2 heteroatoms. The molecule has 1 aromatic carbocycles. The minimum Gasteiger partial charge on any atom is -0.496 e. The second-order valence-corrected chi connectivity index (χ2v) is 4.79. The number of rotatable bonds is 7. The van der Waals surface area contributed by atoms with Crippen LogP contribution >= 0.6 is 0 Å². The summed E-state index contributed by atoms with van der Waals surface area (Å²) < 4.78 is 5.40. The first-order valence-electron chi connectivity index (χ1n) is 6.56. The predicted octanol–water partition coefficient (Wildman–Crippen LogP) is 3.54. The van der Waals surface area contributed by atoms with Gasteiger partial charge in [0.05, 0.1) is 7.11 Å². The van der Waals surface area contributed by atoms with Crippen LogP contribution in [0.5, 0.6) is 5.75 Å². The molecule has 0 bridgehead atoms. The van der Waals surface area contributed by atoms with Crippen LogP contribution in [0, 0.1) is 0 Å². The van der Waals surface area contributed by atoms with E-state index in [2.05, 4.69) is 44.3 Å². The van der Waals surface area contributed by atoms with E-state index in [4.69, 9.17) is 4.74 Å². The first-order valence-corrected chi connectivity index (χ1v) is 6.56. The van der Waals surface area contributed by atoms with Crippen LogP contribution in [-0.4, -0.2) is 13.2 Å². The van der Waals surface area contributed by atoms with E-state index in [0.29, 0.717) is 6.04 Å². The number of benzene rings is 1. The molecule has 96 valence electrons. The van der Waals surface area contributed by atoms with Crippen molar-refractivity contribution < 1.29 is 4.74 Å². The third-order valence-corrected chi connectivity index (χ3v) is 2.86. The van der Waals surface area contributed by atoms with Gasteiger partial charge in [0.15, 0.2) is 0 Å². The summed E-state index contributed by atoms with van der Waals surface area (Å²) >= 11 is 0. The fraction of sp³-hybridized carbons (Fsp3) is 0.600. The maximum atomic E-state index is 5.40. The average molecular weight is 235 g/mol. The molecule has 0 atom stereocenters. The standard InChI is InChI=1S/C15H25NO/c1-5-6-7-13-8-9-15(17-4)14(10-13)11-16-12(2)3/h8-10,12,16H,5-7,11H2,1-4H3. The Labute approximate surface area is 105 Å². The molecule has 0 unspecified atom stereocenters. The highest BCUT2D eigenvalue weighted by Crippen LogP contribution is 2.21. The summed E-state index contributed by atoms with van der Waals surface area (Å²) in [5.41, 5.74) is 2.67. The quantitative estimate of drug-likeness (QED) is 0.780. The van der Waals surface area contributed by atoms with Crippen LogP contribution in [0.3, 0.4) is 0 Å². The lowest BCUT2D eigenvalue weighted by Crippen LogP contribution is -2.22. The molecule has 17 heavy (non-hydrogen) atoms. The highest BCUT2D eigenvalue weighted by Gasteiger charge is 2.05. The zero-order chi connectivity index (χ0) is 12.7. The number of nitrogens with one attached hydrogen (secondary N) is 1. The van der Waals surface area contributed by atoms with Gasteiger partial charge in [0.25, 0.3) is 0 Å². The van der Waals surface area contributed by atoms with E-state index < -0.39 is 0 Å². The van der Waals surface area contributed by atoms with Crippen molar-refractivity contribution in [1.82, 2.24) is 5.32 Å². The normalized spacial score (nSPS) is 10.9. The van der Waals surface area contributed by atoms with E-state index in [0.717, 1.165) is 18.7 Å². The molecule has 0 fully saturated rings. The Balaban J connectivity index is 2.75. The van der Waals surface area contributed by atoms with Gasteiger partial charge in [0.2, 0.25) is 0 Å². The summed E-state index contributed by atoms with van der Waals surface area (Å²) in [6, 6.07) is 7.03. The number of methoxy groups -OCH3 is 1. The molecular weight excluding hydrogens is 210 g/mol. The average Bonchev–Trinajstić information content (AvgIpc) is 2.33. The van der Waals surface area contributed by atoms with Crippen LogP contribution < -0.4 is 10.1 Å². The second-order valence-electron chi connectivity index (χ2n) is 4.79. The molecule has 0 aliphatic heterocycles. The van der Waals surface area contributed by atoms with E-state index in [1.165, 1.54) is 24.0 Å². The lowest BCUT2D eigenvalue weighted by Gasteiger charge is -2.13. The lowest BCUT2D eigenvalue weighted by atomic mass is 10.0. The molecule has 0 heterocycles. The zero-order valence-corrected chi connectivity index (χ0v) is 11.5. The lowest BCUT2D eigenvalue weighted by molar-refractivity contribution is 0.406. The van der Waals surface area contributed by atoms with E-state index in [1.807, 2.05) is 0 Å². The van der Waals surface area contributed by atoms with Gasteiger partial charge in [-0.2, -0.15) is 0 Å². The molecule has 0 radical (unpaired) electrons. The first kappa shape index (κ1) is 14.0. The Kier molecular flexibility index (Phi) is 6.06. The predicted molar refractivity (Wildman–Crippen MR) is 73.6 cm³/mol. The van der Waals surface area contributed by atoms with Crippen LogP contribution in [-0.2, 0) is 13.0 Å². The van der Waals surface area contributed by atoms with Crippen LogP contribution in [0.4, 0.5) is 0 Å². The van der Waals surface area contributed by atoms with Crippen molar-refractivity contribution in [2.45, 2.75) is 52.6 Å². The van der Waals surface area contributed by atoms with Crippen LogP contribution in [0.1, 0.15) is 44.7 Å². The molecule has 1 rings (SSSR count). The minimum atomic E-state index is 0.499. The van der Waals surface area contributed by atoms with Gasteiger partial charge in [-0.05, 0) is 24.5 Å². The van der Waals surface area contributed by atoms with E-state index in [-0.39, 0.29) is 0 Å². The molecule has 0 aliphatic carbocycles. The van der Waals surface area contributed by atoms with Gasteiger partial charge in [-0.15, -0.1) is 0 Å². The highest BCUT2D eigenvalue weighted by atomic mass is 16.5. The summed E-state index contributed by atoms with van der Waals surface area (Å²) in [4.78, 5) is 0. The molecule has 0 amide bonds. The SMILES string of the molecule is CCCCc1ccc(OC)c(CNC(C)C)c1. The van der Waals surface area contributed by atoms with Crippen LogP contribution in [0.15, 0.2) is 18.2 Å². The first-order chi connectivity index (χ1) is 8.17. The molecule has 0 spiro atoms. The van der Waals surface area contributed by atoms with Crippen molar-refractivity contribution in [2.24, 2.45) is 0 Å². The summed E-state index contributed by atoms with van der Waals surface area (Å²) in [5, 5.41) is 3.44. The van der Waals surface area contributed by atoms with Gasteiger partial charge in [-0.1, -0.05) is 39.3 Å². The van der Waals surface area contributed by atoms with Gasteiger partial charge in [0, 0.05) is 18.2 Å². The Bertz CT molecular complexity index is 334. The van der Waals surface area contributed by atoms with Gasteiger partial charge < -0.3 is 10.1 Å². The molecule has 0 saturated heterocycles. The van der Waals surface area contributed by atoms with Crippen molar-refractivity contribution in [3.63, 3.8) is 0 Å². The summed E-state index contributed by atoms with van der Waals surface area (Å²) in [7, 11) is 1.74. The van der Waals surface area contributed by atoms with E-state index >= 15 is 0 Å². The number of hydrogen-bond donors (Lipinski definition) is 1. The fourth-order valence-corrected chi connectivity index (χ4v) is 1.82. The van der Waals surface area contributed by atoms with Crippen molar-refractivity contribution in [3.8, 4) is 5.75 Å². The van der Waals surface area contributed by atoms with Crippen molar-refractivity contribution in [1.29, 1.82) is 0 Å². The third kappa shape index (κ3) is 4.78. The Morgan fingerprint density at radius 3 is 2.65 bits per heavy atom. The number of hydrogen-bond acceptors (Lipinski definition) is 2. The molecular formula is C15H25NO. The minimum absolute atomic E-state index is 0.499. The maximum absolute atomic E-state index is 5.40. The van der Waals surface area contributed by atoms with Gasteiger partial charge in [-0.25, -0.2) is 0 Å². The number of aryl methyl sites for hydroxylation is 1. The highest BCUT2D eigenvalue weighted by molar-refractivity contribution is 5.37. The van der Waals surface area contributed by atoms with Crippen molar-refractivity contribution in [3.05, 3.63) is 29.3 Å². The molecule has 0 aliphatic rings. The largest absolute Gasteiger partial charge is 0.496 e. The number of ether oxygens (including phenoxy) is 1. The molecule has 2 nitrogen and oxygen atoms in total. The van der Waals surface area contributed by atoms with E-state index in [1.54, 1.807) is 7.11 Å². The van der Waals surface area contributed by atoms with E-state index in [9.17, 15) is 0 Å². The molecule has 1 aromatic rings. The van der Waals surface area contributed by atoms with Gasteiger partial charge >= 0.3 is 0 Å². The Morgan fingerprint density at radius 1 is 1.29 bits per heavy atom. The van der Waals surface area contributed by atoms with Crippen LogP contribution in [0.25, 0.3) is 0 Å². The maximum Gasteiger partial charge on any atom is 0.123 e. The molecule has 0 saturated carbocycles. The second kappa shape index (κ2) is 7.33. The molecule has 0 aromatic heterocycles. The topological polar surface area (TPSA) is 21.3 Å². The summed E-state index contributed by atoms with van der Waals surface area (Å²) in [6.45, 7) is 7.42. The smallest absolute Gasteiger partial charge is 0.123 e. The van der Waals surface area contributed by atoms with Crippen LogP contribution in [0.2, 0.25) is 0 Å². The summed E-state index contributed by atoms with van der Waals surface area (Å²) in [6.07, 6.45) is 3.66. The Hall–Kier alpha value is -1.02. The molecule has 1 N–H and O–H groups in total.